The van der Waals surface area contributed by atoms with Crippen molar-refractivity contribution in [3.05, 3.63) is 61.7 Å². The molecular formula is C33H43ClN4O6. The molecule has 4 heterocycles. The lowest BCUT2D eigenvalue weighted by molar-refractivity contribution is -0.388. The Labute approximate surface area is 264 Å². The Morgan fingerprint density at radius 3 is 2.07 bits per heavy atom. The fourth-order valence-electron chi connectivity index (χ4n) is 6.58. The molecule has 2 atom stereocenters. The quantitative estimate of drug-likeness (QED) is 0.177. The summed E-state index contributed by atoms with van der Waals surface area (Å²) in [6.07, 6.45) is 5.05. The fraction of sp³-hybridized carbons (Fsp3) is 0.485. The third-order valence-electron chi connectivity index (χ3n) is 9.18. The van der Waals surface area contributed by atoms with Crippen LogP contribution in [0, 0.1) is 6.92 Å². The molecule has 0 saturated heterocycles. The van der Waals surface area contributed by atoms with Crippen LogP contribution in [0.25, 0.3) is 6.08 Å². The van der Waals surface area contributed by atoms with Gasteiger partial charge in [0.2, 0.25) is 17.5 Å². The first kappa shape index (κ1) is 34.6. The first-order valence-electron chi connectivity index (χ1n) is 15.1. The number of allylic oxidation sites excluding steroid dienone is 2. The molecule has 0 fully saturated rings. The number of halogens is 1. The van der Waals surface area contributed by atoms with E-state index in [1.54, 1.807) is 0 Å². The van der Waals surface area contributed by atoms with Crippen molar-refractivity contribution in [2.45, 2.75) is 105 Å². The van der Waals surface area contributed by atoms with Crippen LogP contribution in [0.15, 0.2) is 39.1 Å². The van der Waals surface area contributed by atoms with Crippen LogP contribution in [0.4, 0.5) is 0 Å². The Morgan fingerprint density at radius 1 is 0.841 bits per heavy atom. The van der Waals surface area contributed by atoms with E-state index in [9.17, 15) is 29.4 Å². The largest absolute Gasteiger partial charge is 1.00 e. The van der Waals surface area contributed by atoms with E-state index in [0.717, 1.165) is 73.8 Å². The SMILES string of the molecule is CCC1=C(C)C(CC2=[NH+]C(=Cc3[nH]c(CC4NC(=O)C(C)=C4CC)c(C)c3CCC(=O)O)C(CCC(=O)O)=C2C)NC1=O.[Cl-]. The number of aromatic amines is 1. The molecule has 10 nitrogen and oxygen atoms in total. The summed E-state index contributed by atoms with van der Waals surface area (Å²) in [5.41, 5.74) is 10.7. The first-order valence-corrected chi connectivity index (χ1v) is 15.1. The third-order valence-corrected chi connectivity index (χ3v) is 9.18. The van der Waals surface area contributed by atoms with E-state index >= 15 is 0 Å². The maximum Gasteiger partial charge on any atom is 0.303 e. The summed E-state index contributed by atoms with van der Waals surface area (Å²) < 4.78 is 0. The number of aliphatic carboxylic acids is 2. The molecule has 238 valence electrons. The summed E-state index contributed by atoms with van der Waals surface area (Å²) in [4.78, 5) is 54.9. The molecule has 4 rings (SSSR count). The molecule has 0 spiro atoms. The highest BCUT2D eigenvalue weighted by atomic mass is 35.5. The van der Waals surface area contributed by atoms with Crippen LogP contribution in [-0.4, -0.2) is 56.7 Å². The summed E-state index contributed by atoms with van der Waals surface area (Å²) in [5, 5.41) is 25.1. The molecule has 0 bridgehead atoms. The van der Waals surface area contributed by atoms with Crippen LogP contribution >= 0.6 is 0 Å². The topological polar surface area (TPSA) is 163 Å². The third kappa shape index (κ3) is 7.07. The summed E-state index contributed by atoms with van der Waals surface area (Å²) in [6.45, 7) is 11.8. The van der Waals surface area contributed by atoms with E-state index in [1.165, 1.54) is 0 Å². The van der Waals surface area contributed by atoms with Crippen LogP contribution < -0.4 is 28.0 Å². The fourth-order valence-corrected chi connectivity index (χ4v) is 6.58. The molecule has 1 aromatic rings. The van der Waals surface area contributed by atoms with Gasteiger partial charge in [0.15, 0.2) is 5.71 Å². The molecular weight excluding hydrogens is 584 g/mol. The Kier molecular flexibility index (Phi) is 11.2. The molecule has 11 heteroatoms. The normalized spacial score (nSPS) is 20.9. The summed E-state index contributed by atoms with van der Waals surface area (Å²) in [7, 11) is 0. The standard InChI is InChI=1S/C33H42N4O6.ClH/c1-7-20-19(6)32(42)37-27(20)14-25-18(5)23(10-12-31(40)41)29(35-25)15-28-22(9-11-30(38)39)17(4)24(34-28)13-26-16(3)21(8-2)33(43)36-26;/h15,26-27,35H,7-14H2,1-6H3,(H,36,43)(H,37,42)(H,38,39)(H,40,41);1H. The number of carboxylic acids is 2. The molecule has 0 saturated carbocycles. The minimum atomic E-state index is -0.892. The van der Waals surface area contributed by atoms with Gasteiger partial charge in [0.1, 0.15) is 0 Å². The number of hydrogen-bond donors (Lipinski definition) is 6. The van der Waals surface area contributed by atoms with Gasteiger partial charge in [0.05, 0.1) is 18.5 Å². The number of carbonyl (C=O) groups excluding carboxylic acids is 2. The minimum Gasteiger partial charge on any atom is -1.00 e. The lowest BCUT2D eigenvalue weighted by atomic mass is 9.95. The monoisotopic (exact) mass is 626 g/mol. The van der Waals surface area contributed by atoms with Crippen LogP contribution in [0.1, 0.15) is 95.7 Å². The second-order valence-corrected chi connectivity index (χ2v) is 11.7. The molecule has 44 heavy (non-hydrogen) atoms. The van der Waals surface area contributed by atoms with E-state index in [2.05, 4.69) is 20.6 Å². The van der Waals surface area contributed by atoms with Crippen molar-refractivity contribution in [3.8, 4) is 0 Å². The van der Waals surface area contributed by atoms with Gasteiger partial charge in [-0.15, -0.1) is 0 Å². The summed E-state index contributed by atoms with van der Waals surface area (Å²) in [5.74, 6) is -1.89. The average Bonchev–Trinajstić information content (AvgIpc) is 3.59. The number of H-pyrrole nitrogens is 1. The van der Waals surface area contributed by atoms with Gasteiger partial charge in [-0.25, -0.2) is 4.99 Å². The van der Waals surface area contributed by atoms with Gasteiger partial charge >= 0.3 is 11.9 Å². The van der Waals surface area contributed by atoms with Crippen molar-refractivity contribution in [1.29, 1.82) is 0 Å². The highest BCUT2D eigenvalue weighted by Crippen LogP contribution is 2.30. The number of rotatable bonds is 13. The number of aromatic nitrogens is 1. The van der Waals surface area contributed by atoms with Crippen molar-refractivity contribution >= 4 is 35.5 Å². The van der Waals surface area contributed by atoms with Gasteiger partial charge in [-0.05, 0) is 75.7 Å². The molecule has 1 aromatic heterocycles. The van der Waals surface area contributed by atoms with E-state index in [-0.39, 0.29) is 49.1 Å². The summed E-state index contributed by atoms with van der Waals surface area (Å²) in [6, 6.07) is -0.275. The molecule has 3 aliphatic heterocycles. The average molecular weight is 627 g/mol. The van der Waals surface area contributed by atoms with Gasteiger partial charge in [-0.3, -0.25) is 19.2 Å². The predicted octanol–water partition coefficient (Wildman–Crippen LogP) is -0.216. The second-order valence-electron chi connectivity index (χ2n) is 11.7. The van der Waals surface area contributed by atoms with Crippen LogP contribution in [0.2, 0.25) is 0 Å². The first-order chi connectivity index (χ1) is 20.4. The van der Waals surface area contributed by atoms with E-state index in [1.807, 2.05) is 47.6 Å². The maximum absolute atomic E-state index is 12.5. The number of carboxylic acid groups (broad SMARTS) is 2. The Hall–Kier alpha value is -3.92. The Bertz CT molecular complexity index is 1540. The van der Waals surface area contributed by atoms with Crippen molar-refractivity contribution in [1.82, 2.24) is 15.6 Å². The van der Waals surface area contributed by atoms with Crippen LogP contribution in [0.3, 0.4) is 0 Å². The molecule has 2 amide bonds. The highest BCUT2D eigenvalue weighted by Gasteiger charge is 2.35. The van der Waals surface area contributed by atoms with E-state index in [0.29, 0.717) is 32.1 Å². The Morgan fingerprint density at radius 2 is 1.48 bits per heavy atom. The zero-order valence-electron chi connectivity index (χ0n) is 26.3. The predicted molar refractivity (Wildman–Crippen MR) is 163 cm³/mol. The van der Waals surface area contributed by atoms with Crippen molar-refractivity contribution in [3.63, 3.8) is 0 Å². The lowest BCUT2D eigenvalue weighted by Gasteiger charge is -2.14. The van der Waals surface area contributed by atoms with Gasteiger partial charge in [-0.1, -0.05) is 13.8 Å². The van der Waals surface area contributed by atoms with Crippen LogP contribution in [-0.2, 0) is 32.0 Å². The van der Waals surface area contributed by atoms with Gasteiger partial charge in [0.25, 0.3) is 0 Å². The molecule has 0 radical (unpaired) electrons. The second kappa shape index (κ2) is 14.2. The number of hydrogen-bond acceptors (Lipinski definition) is 4. The Balaban J connectivity index is 0.00000529. The number of nitrogens with one attached hydrogen (secondary N) is 4. The van der Waals surface area contributed by atoms with E-state index < -0.39 is 11.9 Å². The van der Waals surface area contributed by atoms with Crippen molar-refractivity contribution in [2.75, 3.05) is 0 Å². The van der Waals surface area contributed by atoms with Crippen molar-refractivity contribution in [2.24, 2.45) is 0 Å². The minimum absolute atomic E-state index is 0. The zero-order chi connectivity index (χ0) is 31.6. The van der Waals surface area contributed by atoms with Gasteiger partial charge in [-0.2, -0.15) is 0 Å². The van der Waals surface area contributed by atoms with Gasteiger partial charge in [0, 0.05) is 59.0 Å². The molecule has 6 N–H and O–H groups in total. The zero-order valence-corrected chi connectivity index (χ0v) is 27.1. The smallest absolute Gasteiger partial charge is 0.303 e. The molecule has 3 aliphatic rings. The van der Waals surface area contributed by atoms with Crippen LogP contribution in [0.5, 0.6) is 0 Å². The lowest BCUT2D eigenvalue weighted by Crippen LogP contribution is -3.00. The van der Waals surface area contributed by atoms with Crippen molar-refractivity contribution < 1.29 is 46.8 Å². The maximum atomic E-state index is 12.5. The molecule has 2 unspecified atom stereocenters. The van der Waals surface area contributed by atoms with E-state index in [4.69, 9.17) is 0 Å². The molecule has 0 aromatic carbocycles. The van der Waals surface area contributed by atoms with Gasteiger partial charge < -0.3 is 38.2 Å². The number of amides is 2. The highest BCUT2D eigenvalue weighted by molar-refractivity contribution is 6.02. The molecule has 0 aliphatic carbocycles. The summed E-state index contributed by atoms with van der Waals surface area (Å²) >= 11 is 0. The number of carbonyl (C=O) groups is 4.